The molecular weight excluding hydrogens is 338 g/mol. The van der Waals surface area contributed by atoms with Gasteiger partial charge in [0.05, 0.1) is 16.2 Å². The third kappa shape index (κ3) is 2.90. The quantitative estimate of drug-likeness (QED) is 0.651. The Labute approximate surface area is 149 Å². The lowest BCUT2D eigenvalue weighted by atomic mass is 10.2. The Hall–Kier alpha value is -2.35. The number of nitrogens with zero attached hydrogens (tertiary/aromatic N) is 5. The Morgan fingerprint density at radius 2 is 1.92 bits per heavy atom. The fourth-order valence-electron chi connectivity index (χ4n) is 2.89. The van der Waals surface area contributed by atoms with Crippen molar-refractivity contribution >= 4 is 34.3 Å². The van der Waals surface area contributed by atoms with Crippen LogP contribution in [0.25, 0.3) is 16.7 Å². The molecule has 1 atom stereocenters. The lowest BCUT2D eigenvalue weighted by Gasteiger charge is -2.22. The maximum absolute atomic E-state index is 12.5. The predicted octanol–water partition coefficient (Wildman–Crippen LogP) is 1.93. The number of benzene rings is 1. The maximum atomic E-state index is 12.5. The Balaban J connectivity index is 2.10. The van der Waals surface area contributed by atoms with Crippen molar-refractivity contribution < 1.29 is 4.79 Å². The molecule has 0 aliphatic carbocycles. The van der Waals surface area contributed by atoms with Gasteiger partial charge in [-0.2, -0.15) is 0 Å². The summed E-state index contributed by atoms with van der Waals surface area (Å²) in [7, 11) is 1.68. The molecule has 0 saturated heterocycles. The number of hydrogen-bond acceptors (Lipinski definition) is 5. The van der Waals surface area contributed by atoms with E-state index in [1.807, 2.05) is 43.4 Å². The number of thioether (sulfide) groups is 1. The fourth-order valence-corrected chi connectivity index (χ4v) is 3.83. The van der Waals surface area contributed by atoms with Crippen LogP contribution in [0.4, 0.5) is 0 Å². The average molecular weight is 359 g/mol. The van der Waals surface area contributed by atoms with Crippen molar-refractivity contribution in [2.45, 2.75) is 31.2 Å². The van der Waals surface area contributed by atoms with E-state index in [-0.39, 0.29) is 16.7 Å². The van der Waals surface area contributed by atoms with Gasteiger partial charge in [0.25, 0.3) is 5.56 Å². The average Bonchev–Trinajstić information content (AvgIpc) is 3.04. The van der Waals surface area contributed by atoms with Crippen LogP contribution >= 0.6 is 11.8 Å². The molecule has 2 heterocycles. The molecule has 3 rings (SSSR count). The molecule has 0 aliphatic heterocycles. The fraction of sp³-hybridized carbons (Fsp3) is 0.412. The molecule has 0 N–H and O–H groups in total. The second-order valence-corrected chi connectivity index (χ2v) is 7.08. The summed E-state index contributed by atoms with van der Waals surface area (Å²) in [6.45, 7) is 7.16. The monoisotopic (exact) mass is 359 g/mol. The van der Waals surface area contributed by atoms with E-state index in [1.165, 1.54) is 16.3 Å². The van der Waals surface area contributed by atoms with Gasteiger partial charge >= 0.3 is 0 Å². The minimum Gasteiger partial charge on any atom is -0.342 e. The summed E-state index contributed by atoms with van der Waals surface area (Å²) >= 11 is 1.36. The van der Waals surface area contributed by atoms with Gasteiger partial charge in [-0.15, -0.1) is 10.2 Å². The van der Waals surface area contributed by atoms with Crippen LogP contribution < -0.4 is 5.56 Å². The second-order valence-electron chi connectivity index (χ2n) is 5.77. The van der Waals surface area contributed by atoms with Gasteiger partial charge in [-0.05, 0) is 32.9 Å². The number of hydrogen-bond donors (Lipinski definition) is 0. The van der Waals surface area contributed by atoms with Crippen LogP contribution in [0.3, 0.4) is 0 Å². The number of carbonyl (C=O) groups is 1. The first-order chi connectivity index (χ1) is 12.0. The van der Waals surface area contributed by atoms with E-state index in [0.29, 0.717) is 29.4 Å². The molecule has 0 aliphatic rings. The van der Waals surface area contributed by atoms with E-state index in [4.69, 9.17) is 0 Å². The standard InChI is InChI=1S/C17H21N5O2S/c1-5-21(6-2)14(23)11(3)25-17-19-18-16-20(4)15(24)12-9-7-8-10-13(12)22(16)17/h7-11H,5-6H2,1-4H3. The molecule has 0 radical (unpaired) electrons. The second kappa shape index (κ2) is 6.87. The van der Waals surface area contributed by atoms with Crippen LogP contribution in [0, 0.1) is 0 Å². The number of para-hydroxylation sites is 1. The zero-order valence-corrected chi connectivity index (χ0v) is 15.6. The van der Waals surface area contributed by atoms with E-state index in [1.54, 1.807) is 18.0 Å². The summed E-state index contributed by atoms with van der Waals surface area (Å²) in [5, 5.41) is 9.30. The SMILES string of the molecule is CCN(CC)C(=O)C(C)Sc1nnc2n(C)c(=O)c3ccccc3n12. The molecule has 0 saturated carbocycles. The minimum atomic E-state index is -0.289. The lowest BCUT2D eigenvalue weighted by Crippen LogP contribution is -2.36. The van der Waals surface area contributed by atoms with Crippen molar-refractivity contribution in [1.29, 1.82) is 0 Å². The normalized spacial score (nSPS) is 12.6. The van der Waals surface area contributed by atoms with Gasteiger partial charge in [0.1, 0.15) is 0 Å². The number of carbonyl (C=O) groups excluding carboxylic acids is 1. The Bertz CT molecular complexity index is 990. The van der Waals surface area contributed by atoms with Crippen molar-refractivity contribution in [2.24, 2.45) is 7.05 Å². The van der Waals surface area contributed by atoms with E-state index in [9.17, 15) is 9.59 Å². The zero-order valence-electron chi connectivity index (χ0n) is 14.8. The molecule has 0 fully saturated rings. The van der Waals surface area contributed by atoms with Crippen molar-refractivity contribution in [1.82, 2.24) is 24.1 Å². The molecule has 3 aromatic rings. The summed E-state index contributed by atoms with van der Waals surface area (Å²) in [6, 6.07) is 7.36. The molecule has 0 bridgehead atoms. The number of aromatic nitrogens is 4. The first-order valence-electron chi connectivity index (χ1n) is 8.27. The molecule has 8 heteroatoms. The highest BCUT2D eigenvalue weighted by Crippen LogP contribution is 2.25. The van der Waals surface area contributed by atoms with Crippen LogP contribution in [0.1, 0.15) is 20.8 Å². The summed E-state index contributed by atoms with van der Waals surface area (Å²) in [5.74, 6) is 0.537. The van der Waals surface area contributed by atoms with Crippen LogP contribution in [0.2, 0.25) is 0 Å². The van der Waals surface area contributed by atoms with Gasteiger partial charge in [-0.25, -0.2) is 0 Å². The van der Waals surface area contributed by atoms with E-state index < -0.39 is 0 Å². The largest absolute Gasteiger partial charge is 0.342 e. The minimum absolute atomic E-state index is 0.0703. The lowest BCUT2D eigenvalue weighted by molar-refractivity contribution is -0.129. The van der Waals surface area contributed by atoms with Crippen LogP contribution in [0.15, 0.2) is 34.2 Å². The summed E-state index contributed by atoms with van der Waals surface area (Å²) in [6.07, 6.45) is 0. The van der Waals surface area contributed by atoms with Gasteiger partial charge in [0.15, 0.2) is 5.16 Å². The van der Waals surface area contributed by atoms with Crippen LogP contribution in [-0.2, 0) is 11.8 Å². The highest BCUT2D eigenvalue weighted by molar-refractivity contribution is 8.00. The van der Waals surface area contributed by atoms with E-state index >= 15 is 0 Å². The summed E-state index contributed by atoms with van der Waals surface area (Å²) < 4.78 is 3.32. The molecule has 1 amide bonds. The smallest absolute Gasteiger partial charge is 0.262 e. The predicted molar refractivity (Wildman–Crippen MR) is 99.0 cm³/mol. The van der Waals surface area contributed by atoms with Gasteiger partial charge in [-0.3, -0.25) is 18.6 Å². The van der Waals surface area contributed by atoms with Gasteiger partial charge < -0.3 is 4.90 Å². The Morgan fingerprint density at radius 3 is 2.60 bits per heavy atom. The molecule has 25 heavy (non-hydrogen) atoms. The van der Waals surface area contributed by atoms with Gasteiger partial charge in [0, 0.05) is 20.1 Å². The molecule has 2 aromatic heterocycles. The third-order valence-electron chi connectivity index (χ3n) is 4.30. The van der Waals surface area contributed by atoms with Crippen molar-refractivity contribution in [3.8, 4) is 0 Å². The highest BCUT2D eigenvalue weighted by atomic mass is 32.2. The maximum Gasteiger partial charge on any atom is 0.262 e. The zero-order chi connectivity index (χ0) is 18.1. The van der Waals surface area contributed by atoms with Crippen molar-refractivity contribution in [2.75, 3.05) is 13.1 Å². The van der Waals surface area contributed by atoms with E-state index in [2.05, 4.69) is 10.2 Å². The molecule has 1 unspecified atom stereocenters. The number of amides is 1. The Kier molecular flexibility index (Phi) is 4.80. The van der Waals surface area contributed by atoms with Crippen LogP contribution in [0.5, 0.6) is 0 Å². The highest BCUT2D eigenvalue weighted by Gasteiger charge is 2.23. The van der Waals surface area contributed by atoms with Crippen molar-refractivity contribution in [3.63, 3.8) is 0 Å². The third-order valence-corrected chi connectivity index (χ3v) is 5.33. The van der Waals surface area contributed by atoms with Crippen LogP contribution in [-0.4, -0.2) is 48.3 Å². The first-order valence-corrected chi connectivity index (χ1v) is 9.15. The first kappa shape index (κ1) is 17.5. The number of fused-ring (bicyclic) bond motifs is 3. The number of rotatable bonds is 5. The number of aryl methyl sites for hydroxylation is 1. The van der Waals surface area contributed by atoms with Crippen molar-refractivity contribution in [3.05, 3.63) is 34.6 Å². The molecule has 0 spiro atoms. The molecule has 1 aromatic carbocycles. The van der Waals surface area contributed by atoms with E-state index in [0.717, 1.165) is 5.52 Å². The summed E-state index contributed by atoms with van der Waals surface area (Å²) in [4.78, 5) is 26.8. The molecule has 132 valence electrons. The van der Waals surface area contributed by atoms with Gasteiger partial charge in [0.2, 0.25) is 11.7 Å². The molecule has 7 nitrogen and oxygen atoms in total. The Morgan fingerprint density at radius 1 is 1.24 bits per heavy atom. The van der Waals surface area contributed by atoms with Gasteiger partial charge in [-0.1, -0.05) is 23.9 Å². The topological polar surface area (TPSA) is 72.5 Å². The molecular formula is C17H21N5O2S. The summed E-state index contributed by atoms with van der Waals surface area (Å²) in [5.41, 5.74) is 0.634.